The Morgan fingerprint density at radius 1 is 1.15 bits per heavy atom. The van der Waals surface area contributed by atoms with Crippen LogP contribution in [0.1, 0.15) is 26.6 Å². The molecule has 1 N–H and O–H groups in total. The van der Waals surface area contributed by atoms with E-state index in [0.29, 0.717) is 16.7 Å². The number of hydrogen-bond donors (Lipinski definition) is 1. The van der Waals surface area contributed by atoms with Gasteiger partial charge in [0.2, 0.25) is 5.88 Å². The third-order valence-electron chi connectivity index (χ3n) is 2.65. The van der Waals surface area contributed by atoms with Crippen molar-refractivity contribution in [2.75, 3.05) is 12.4 Å². The summed E-state index contributed by atoms with van der Waals surface area (Å²) in [6.45, 7) is 6.18. The average molecular weight is 292 g/mol. The molecule has 0 spiro atoms. The molecule has 5 heteroatoms. The highest BCUT2D eigenvalue weighted by Gasteiger charge is 2.19. The molecule has 1 heterocycles. The molecule has 2 aromatic rings. The van der Waals surface area contributed by atoms with E-state index < -0.39 is 0 Å². The Kier molecular flexibility index (Phi) is 4.14. The quantitative estimate of drug-likeness (QED) is 0.918. The number of nitrogens with zero attached hydrogens (tertiary/aromatic N) is 2. The fourth-order valence-electron chi connectivity index (χ4n) is 1.59. The fraction of sp³-hybridized carbons (Fsp3) is 0.333. The molecule has 1 aromatic heterocycles. The highest BCUT2D eigenvalue weighted by molar-refractivity contribution is 6.30. The van der Waals surface area contributed by atoms with Gasteiger partial charge in [-0.25, -0.2) is 4.98 Å². The predicted octanol–water partition coefficient (Wildman–Crippen LogP) is 4.26. The van der Waals surface area contributed by atoms with Gasteiger partial charge in [-0.15, -0.1) is 0 Å². The number of hydrogen-bond acceptors (Lipinski definition) is 4. The molecule has 106 valence electrons. The second-order valence-corrected chi connectivity index (χ2v) is 5.91. The van der Waals surface area contributed by atoms with E-state index in [0.717, 1.165) is 11.6 Å². The Morgan fingerprint density at radius 3 is 2.50 bits per heavy atom. The fourth-order valence-corrected chi connectivity index (χ4v) is 1.77. The molecule has 0 atom stereocenters. The maximum Gasteiger partial charge on any atom is 0.224 e. The largest absolute Gasteiger partial charge is 0.439 e. The Morgan fingerprint density at radius 2 is 1.90 bits per heavy atom. The van der Waals surface area contributed by atoms with Crippen molar-refractivity contribution in [3.63, 3.8) is 0 Å². The summed E-state index contributed by atoms with van der Waals surface area (Å²) in [6.07, 6.45) is 0. The van der Waals surface area contributed by atoms with Gasteiger partial charge in [0.15, 0.2) is 0 Å². The Balaban J connectivity index is 2.36. The number of benzene rings is 1. The Labute approximate surface area is 124 Å². The third kappa shape index (κ3) is 3.61. The first-order chi connectivity index (χ1) is 9.38. The van der Waals surface area contributed by atoms with Crippen molar-refractivity contribution in [1.29, 1.82) is 0 Å². The molecule has 0 bridgehead atoms. The molecular weight excluding hydrogens is 274 g/mol. The number of rotatable bonds is 3. The van der Waals surface area contributed by atoms with Crippen LogP contribution in [0.25, 0.3) is 0 Å². The molecule has 4 nitrogen and oxygen atoms in total. The topological polar surface area (TPSA) is 47.0 Å². The minimum absolute atomic E-state index is 0.153. The lowest BCUT2D eigenvalue weighted by Crippen LogP contribution is -2.17. The van der Waals surface area contributed by atoms with E-state index in [4.69, 9.17) is 16.3 Å². The van der Waals surface area contributed by atoms with E-state index >= 15 is 0 Å². The smallest absolute Gasteiger partial charge is 0.224 e. The van der Waals surface area contributed by atoms with E-state index in [1.54, 1.807) is 18.2 Å². The van der Waals surface area contributed by atoms with Gasteiger partial charge < -0.3 is 10.1 Å². The molecule has 0 aliphatic rings. The van der Waals surface area contributed by atoms with Gasteiger partial charge >= 0.3 is 0 Å². The van der Waals surface area contributed by atoms with Crippen molar-refractivity contribution >= 4 is 17.4 Å². The molecule has 1 aromatic carbocycles. The van der Waals surface area contributed by atoms with Crippen molar-refractivity contribution in [2.45, 2.75) is 26.2 Å². The maximum atomic E-state index is 5.95. The van der Waals surface area contributed by atoms with Crippen LogP contribution >= 0.6 is 11.6 Å². The number of aromatic nitrogens is 2. The standard InChI is InChI=1S/C15H18ClN3O/c1-15(2,3)14-18-12(17-4)9-13(19-14)20-11-7-5-6-10(16)8-11/h5-9H,1-4H3,(H,17,18,19). The van der Waals surface area contributed by atoms with Crippen molar-refractivity contribution in [1.82, 2.24) is 9.97 Å². The first-order valence-electron chi connectivity index (χ1n) is 6.39. The summed E-state index contributed by atoms with van der Waals surface area (Å²) >= 11 is 5.95. The summed E-state index contributed by atoms with van der Waals surface area (Å²) in [5.41, 5.74) is -0.153. The minimum atomic E-state index is -0.153. The summed E-state index contributed by atoms with van der Waals surface area (Å²) in [6, 6.07) is 8.98. The van der Waals surface area contributed by atoms with Crippen LogP contribution in [0.5, 0.6) is 11.6 Å². The summed E-state index contributed by atoms with van der Waals surface area (Å²) in [7, 11) is 1.82. The zero-order valence-electron chi connectivity index (χ0n) is 12.1. The zero-order chi connectivity index (χ0) is 14.8. The lowest BCUT2D eigenvalue weighted by molar-refractivity contribution is 0.446. The van der Waals surface area contributed by atoms with Crippen LogP contribution in [0.4, 0.5) is 5.82 Å². The first kappa shape index (κ1) is 14.6. The molecule has 2 rings (SSSR count). The van der Waals surface area contributed by atoms with Gasteiger partial charge in [-0.05, 0) is 18.2 Å². The van der Waals surface area contributed by atoms with Crippen molar-refractivity contribution < 1.29 is 4.74 Å². The molecule has 0 aliphatic heterocycles. The van der Waals surface area contributed by atoms with E-state index in [2.05, 4.69) is 36.1 Å². The first-order valence-corrected chi connectivity index (χ1v) is 6.77. The lowest BCUT2D eigenvalue weighted by Gasteiger charge is -2.18. The lowest BCUT2D eigenvalue weighted by atomic mass is 9.96. The molecule has 20 heavy (non-hydrogen) atoms. The molecule has 0 amide bonds. The Bertz CT molecular complexity index is 608. The van der Waals surface area contributed by atoms with Crippen molar-refractivity contribution in [3.8, 4) is 11.6 Å². The molecule has 0 radical (unpaired) electrons. The molecule has 0 aliphatic carbocycles. The number of anilines is 1. The molecule has 0 fully saturated rings. The highest BCUT2D eigenvalue weighted by Crippen LogP contribution is 2.27. The molecule has 0 saturated heterocycles. The highest BCUT2D eigenvalue weighted by atomic mass is 35.5. The van der Waals surface area contributed by atoms with Gasteiger partial charge in [0.05, 0.1) is 0 Å². The summed E-state index contributed by atoms with van der Waals surface area (Å²) < 4.78 is 5.76. The second-order valence-electron chi connectivity index (χ2n) is 5.47. The van der Waals surface area contributed by atoms with Gasteiger partial charge in [0.1, 0.15) is 17.4 Å². The maximum absolute atomic E-state index is 5.95. The van der Waals surface area contributed by atoms with Crippen LogP contribution in [-0.4, -0.2) is 17.0 Å². The monoisotopic (exact) mass is 291 g/mol. The third-order valence-corrected chi connectivity index (χ3v) is 2.88. The average Bonchev–Trinajstić information content (AvgIpc) is 2.37. The van der Waals surface area contributed by atoms with Gasteiger partial charge in [0.25, 0.3) is 0 Å². The van der Waals surface area contributed by atoms with Crippen molar-refractivity contribution in [3.05, 3.63) is 41.2 Å². The van der Waals surface area contributed by atoms with Crippen LogP contribution in [0.3, 0.4) is 0 Å². The van der Waals surface area contributed by atoms with Crippen LogP contribution in [-0.2, 0) is 5.41 Å². The van der Waals surface area contributed by atoms with E-state index in [1.807, 2.05) is 19.2 Å². The van der Waals surface area contributed by atoms with Crippen molar-refractivity contribution in [2.24, 2.45) is 0 Å². The molecule has 0 unspecified atom stereocenters. The van der Waals surface area contributed by atoms with E-state index in [1.165, 1.54) is 0 Å². The summed E-state index contributed by atoms with van der Waals surface area (Å²) in [5.74, 6) is 2.60. The van der Waals surface area contributed by atoms with Crippen LogP contribution in [0.2, 0.25) is 5.02 Å². The number of halogens is 1. The van der Waals surface area contributed by atoms with E-state index in [-0.39, 0.29) is 5.41 Å². The minimum Gasteiger partial charge on any atom is -0.439 e. The summed E-state index contributed by atoms with van der Waals surface area (Å²) in [4.78, 5) is 8.92. The SMILES string of the molecule is CNc1cc(Oc2cccc(Cl)c2)nc(C(C)(C)C)n1. The predicted molar refractivity (Wildman–Crippen MR) is 81.8 cm³/mol. The summed E-state index contributed by atoms with van der Waals surface area (Å²) in [5, 5.41) is 3.65. The van der Waals surface area contributed by atoms with Gasteiger partial charge in [-0.2, -0.15) is 4.98 Å². The van der Waals surface area contributed by atoms with Gasteiger partial charge in [0, 0.05) is 23.6 Å². The van der Waals surface area contributed by atoms with Crippen LogP contribution < -0.4 is 10.1 Å². The van der Waals surface area contributed by atoms with Gasteiger partial charge in [-0.1, -0.05) is 38.4 Å². The second kappa shape index (κ2) is 5.67. The molecule has 0 saturated carbocycles. The number of ether oxygens (including phenoxy) is 1. The van der Waals surface area contributed by atoms with Gasteiger partial charge in [-0.3, -0.25) is 0 Å². The normalized spacial score (nSPS) is 11.2. The molecular formula is C15H18ClN3O. The van der Waals surface area contributed by atoms with Crippen LogP contribution in [0, 0.1) is 0 Å². The van der Waals surface area contributed by atoms with E-state index in [9.17, 15) is 0 Å². The zero-order valence-corrected chi connectivity index (χ0v) is 12.8. The number of nitrogens with one attached hydrogen (secondary N) is 1. The Hall–Kier alpha value is -1.81. The van der Waals surface area contributed by atoms with Crippen LogP contribution in [0.15, 0.2) is 30.3 Å².